The molecule has 0 spiro atoms. The van der Waals surface area contributed by atoms with E-state index in [0.29, 0.717) is 27.9 Å². The first-order valence-corrected chi connectivity index (χ1v) is 11.3. The summed E-state index contributed by atoms with van der Waals surface area (Å²) in [6.45, 7) is 0. The maximum atomic E-state index is 12.8. The minimum Gasteiger partial charge on any atom is -0.497 e. The standard InChI is InChI=1S/C23H20N4O5S/c1-27-23(29)20-6-4-3-5-19(20)21(25-27)22(28)24-15-9-13-18(14-10-15)33(30,31)26-16-7-11-17(32-2)12-8-16/h3-14,26H,1-2H3,(H,24,28). The molecular formula is C23H20N4O5S. The molecule has 0 aliphatic rings. The van der Waals surface area contributed by atoms with Crippen LogP contribution in [0.1, 0.15) is 10.5 Å². The van der Waals surface area contributed by atoms with Crippen molar-refractivity contribution < 1.29 is 17.9 Å². The zero-order chi connectivity index (χ0) is 23.6. The summed E-state index contributed by atoms with van der Waals surface area (Å²) in [5.41, 5.74) is 0.551. The molecule has 0 aliphatic heterocycles. The summed E-state index contributed by atoms with van der Waals surface area (Å²) in [5.74, 6) is 0.0903. The van der Waals surface area contributed by atoms with Gasteiger partial charge in [0.05, 0.1) is 17.4 Å². The molecule has 0 saturated carbocycles. The molecule has 33 heavy (non-hydrogen) atoms. The normalized spacial score (nSPS) is 11.2. The number of rotatable bonds is 6. The van der Waals surface area contributed by atoms with Gasteiger partial charge in [-0.1, -0.05) is 18.2 Å². The van der Waals surface area contributed by atoms with E-state index in [1.807, 2.05) is 0 Å². The molecule has 9 nitrogen and oxygen atoms in total. The zero-order valence-corrected chi connectivity index (χ0v) is 18.6. The van der Waals surface area contributed by atoms with Crippen molar-refractivity contribution in [1.82, 2.24) is 9.78 Å². The number of amides is 1. The molecule has 1 aromatic heterocycles. The number of carbonyl (C=O) groups is 1. The number of hydrogen-bond acceptors (Lipinski definition) is 6. The van der Waals surface area contributed by atoms with Crippen LogP contribution in [0.15, 0.2) is 82.5 Å². The van der Waals surface area contributed by atoms with Crippen LogP contribution in [0.4, 0.5) is 11.4 Å². The van der Waals surface area contributed by atoms with Gasteiger partial charge in [0.15, 0.2) is 5.69 Å². The van der Waals surface area contributed by atoms with Gasteiger partial charge in [0.25, 0.3) is 21.5 Å². The van der Waals surface area contributed by atoms with Gasteiger partial charge in [-0.25, -0.2) is 13.1 Å². The van der Waals surface area contributed by atoms with E-state index in [1.165, 1.54) is 38.4 Å². The topological polar surface area (TPSA) is 119 Å². The number of benzene rings is 3. The van der Waals surface area contributed by atoms with Gasteiger partial charge in [0, 0.05) is 23.8 Å². The Bertz CT molecular complexity index is 1500. The molecule has 0 saturated heterocycles. The van der Waals surface area contributed by atoms with Crippen molar-refractivity contribution in [3.8, 4) is 5.75 Å². The maximum Gasteiger partial charge on any atom is 0.276 e. The molecule has 3 aromatic carbocycles. The lowest BCUT2D eigenvalue weighted by Crippen LogP contribution is -2.25. The second-order valence-corrected chi connectivity index (χ2v) is 8.82. The number of nitrogens with zero attached hydrogens (tertiary/aromatic N) is 2. The van der Waals surface area contributed by atoms with Crippen LogP contribution in [-0.4, -0.2) is 31.2 Å². The number of fused-ring (bicyclic) bond motifs is 1. The summed E-state index contributed by atoms with van der Waals surface area (Å²) in [7, 11) is -0.825. The van der Waals surface area contributed by atoms with E-state index in [2.05, 4.69) is 15.1 Å². The van der Waals surface area contributed by atoms with Gasteiger partial charge in [-0.3, -0.25) is 14.3 Å². The van der Waals surface area contributed by atoms with Gasteiger partial charge in [0.1, 0.15) is 5.75 Å². The molecule has 168 valence electrons. The van der Waals surface area contributed by atoms with Crippen LogP contribution >= 0.6 is 0 Å². The number of hydrogen-bond donors (Lipinski definition) is 2. The molecular weight excluding hydrogens is 444 g/mol. The average molecular weight is 465 g/mol. The third-order valence-electron chi connectivity index (χ3n) is 4.94. The van der Waals surface area contributed by atoms with Gasteiger partial charge in [-0.15, -0.1) is 0 Å². The maximum absolute atomic E-state index is 12.8. The van der Waals surface area contributed by atoms with Crippen LogP contribution in [0.25, 0.3) is 10.8 Å². The largest absolute Gasteiger partial charge is 0.497 e. The van der Waals surface area contributed by atoms with Gasteiger partial charge in [-0.2, -0.15) is 5.10 Å². The number of carbonyl (C=O) groups excluding carboxylic acids is 1. The van der Waals surface area contributed by atoms with E-state index >= 15 is 0 Å². The van der Waals surface area contributed by atoms with Crippen molar-refractivity contribution in [1.29, 1.82) is 0 Å². The summed E-state index contributed by atoms with van der Waals surface area (Å²) in [6, 6.07) is 18.9. The Morgan fingerprint density at radius 1 is 0.909 bits per heavy atom. The van der Waals surface area contributed by atoms with Crippen LogP contribution in [-0.2, 0) is 17.1 Å². The second-order valence-electron chi connectivity index (χ2n) is 7.14. The highest BCUT2D eigenvalue weighted by molar-refractivity contribution is 7.92. The fourth-order valence-electron chi connectivity index (χ4n) is 3.25. The molecule has 2 N–H and O–H groups in total. The Morgan fingerprint density at radius 2 is 1.52 bits per heavy atom. The monoisotopic (exact) mass is 464 g/mol. The molecule has 4 rings (SSSR count). The highest BCUT2D eigenvalue weighted by Crippen LogP contribution is 2.21. The predicted molar refractivity (Wildman–Crippen MR) is 125 cm³/mol. The fraction of sp³-hybridized carbons (Fsp3) is 0.0870. The van der Waals surface area contributed by atoms with Crippen molar-refractivity contribution in [2.75, 3.05) is 17.1 Å². The van der Waals surface area contributed by atoms with Crippen molar-refractivity contribution in [3.05, 3.63) is 88.8 Å². The van der Waals surface area contributed by atoms with E-state index < -0.39 is 15.9 Å². The van der Waals surface area contributed by atoms with E-state index in [4.69, 9.17) is 4.74 Å². The van der Waals surface area contributed by atoms with E-state index in [-0.39, 0.29) is 16.1 Å². The molecule has 0 aliphatic carbocycles. The van der Waals surface area contributed by atoms with Crippen LogP contribution in [0, 0.1) is 0 Å². The second kappa shape index (κ2) is 8.75. The first kappa shape index (κ1) is 22.0. The third kappa shape index (κ3) is 4.55. The summed E-state index contributed by atoms with van der Waals surface area (Å²) in [5, 5.41) is 7.59. The van der Waals surface area contributed by atoms with Gasteiger partial charge < -0.3 is 10.1 Å². The molecule has 1 heterocycles. The first-order chi connectivity index (χ1) is 15.8. The number of nitrogens with one attached hydrogen (secondary N) is 2. The Labute approximate surface area is 189 Å². The molecule has 0 radical (unpaired) electrons. The summed E-state index contributed by atoms with van der Waals surface area (Å²) in [6.07, 6.45) is 0. The quantitative estimate of drug-likeness (QED) is 0.453. The van der Waals surface area contributed by atoms with E-state index in [1.54, 1.807) is 48.5 Å². The number of anilines is 2. The molecule has 0 unspecified atom stereocenters. The molecule has 0 fully saturated rings. The smallest absolute Gasteiger partial charge is 0.276 e. The number of aromatic nitrogens is 2. The van der Waals surface area contributed by atoms with Crippen molar-refractivity contribution >= 4 is 38.1 Å². The van der Waals surface area contributed by atoms with E-state index in [0.717, 1.165) is 4.68 Å². The lowest BCUT2D eigenvalue weighted by Gasteiger charge is -2.11. The average Bonchev–Trinajstić information content (AvgIpc) is 2.82. The molecule has 0 atom stereocenters. The van der Waals surface area contributed by atoms with Gasteiger partial charge in [0.2, 0.25) is 0 Å². The van der Waals surface area contributed by atoms with Gasteiger partial charge >= 0.3 is 0 Å². The van der Waals surface area contributed by atoms with Crippen LogP contribution in [0.5, 0.6) is 5.75 Å². The van der Waals surface area contributed by atoms with E-state index in [9.17, 15) is 18.0 Å². The summed E-state index contributed by atoms with van der Waals surface area (Å²) in [4.78, 5) is 25.1. The van der Waals surface area contributed by atoms with Crippen LogP contribution in [0.2, 0.25) is 0 Å². The van der Waals surface area contributed by atoms with Crippen molar-refractivity contribution in [3.63, 3.8) is 0 Å². The first-order valence-electron chi connectivity index (χ1n) is 9.83. The summed E-state index contributed by atoms with van der Waals surface area (Å²) < 4.78 is 34.0. The molecule has 1 amide bonds. The zero-order valence-electron chi connectivity index (χ0n) is 17.8. The SMILES string of the molecule is COc1ccc(NS(=O)(=O)c2ccc(NC(=O)c3nn(C)c(=O)c4ccccc34)cc2)cc1. The Balaban J connectivity index is 1.54. The predicted octanol–water partition coefficient (Wildman–Crippen LogP) is 3.00. The van der Waals surface area contributed by atoms with Crippen LogP contribution < -0.4 is 20.3 Å². The number of aryl methyl sites for hydroxylation is 1. The lowest BCUT2D eigenvalue weighted by molar-refractivity contribution is 0.102. The fourth-order valence-corrected chi connectivity index (χ4v) is 4.31. The number of methoxy groups -OCH3 is 1. The number of ether oxygens (including phenoxy) is 1. The highest BCUT2D eigenvalue weighted by atomic mass is 32.2. The van der Waals surface area contributed by atoms with Crippen molar-refractivity contribution in [2.24, 2.45) is 7.05 Å². The van der Waals surface area contributed by atoms with Gasteiger partial charge in [-0.05, 0) is 54.6 Å². The minimum absolute atomic E-state index is 0.0296. The van der Waals surface area contributed by atoms with Crippen LogP contribution in [0.3, 0.4) is 0 Å². The molecule has 4 aromatic rings. The third-order valence-corrected chi connectivity index (χ3v) is 6.33. The Hall–Kier alpha value is -4.18. The number of sulfonamides is 1. The highest BCUT2D eigenvalue weighted by Gasteiger charge is 2.17. The molecule has 0 bridgehead atoms. The minimum atomic E-state index is -3.82. The van der Waals surface area contributed by atoms with Crippen molar-refractivity contribution in [2.45, 2.75) is 4.90 Å². The summed E-state index contributed by atoms with van der Waals surface area (Å²) >= 11 is 0. The Kier molecular flexibility index (Phi) is 5.84. The lowest BCUT2D eigenvalue weighted by atomic mass is 10.1. The molecule has 10 heteroatoms. The Morgan fingerprint density at radius 3 is 2.15 bits per heavy atom.